The molecule has 1 aliphatic heterocycles. The van der Waals surface area contributed by atoms with E-state index in [0.717, 1.165) is 35.4 Å². The van der Waals surface area contributed by atoms with E-state index in [-0.39, 0.29) is 12.1 Å². The minimum absolute atomic E-state index is 0.0170. The molecule has 156 valence electrons. The fraction of sp³-hybridized carbons (Fsp3) is 0.522. The normalized spacial score (nSPS) is 20.9. The summed E-state index contributed by atoms with van der Waals surface area (Å²) >= 11 is 1.75. The van der Waals surface area contributed by atoms with E-state index in [9.17, 15) is 4.79 Å². The number of ether oxygens (including phenoxy) is 2. The van der Waals surface area contributed by atoms with Crippen LogP contribution in [0.2, 0.25) is 0 Å². The molecule has 2 aromatic rings. The molecule has 6 heteroatoms. The van der Waals surface area contributed by atoms with Crippen molar-refractivity contribution in [2.75, 3.05) is 19.0 Å². The first-order valence-corrected chi connectivity index (χ1v) is 11.2. The Morgan fingerprint density at radius 2 is 2.00 bits per heavy atom. The second-order valence-electron chi connectivity index (χ2n) is 8.91. The van der Waals surface area contributed by atoms with Gasteiger partial charge in [-0.05, 0) is 60.8 Å². The molecule has 5 nitrogen and oxygen atoms in total. The number of benzene rings is 1. The number of anilines is 1. The van der Waals surface area contributed by atoms with Gasteiger partial charge in [-0.3, -0.25) is 4.79 Å². The maximum absolute atomic E-state index is 13.0. The molecule has 2 atom stereocenters. The van der Waals surface area contributed by atoms with Crippen molar-refractivity contribution in [3.63, 3.8) is 0 Å². The van der Waals surface area contributed by atoms with E-state index in [0.29, 0.717) is 29.4 Å². The van der Waals surface area contributed by atoms with Crippen LogP contribution in [0.4, 0.5) is 5.00 Å². The lowest BCUT2D eigenvalue weighted by Crippen LogP contribution is -2.38. The van der Waals surface area contributed by atoms with E-state index in [1.807, 2.05) is 25.1 Å². The van der Waals surface area contributed by atoms with Gasteiger partial charge in [0, 0.05) is 4.88 Å². The highest BCUT2D eigenvalue weighted by atomic mass is 32.1. The van der Waals surface area contributed by atoms with Gasteiger partial charge < -0.3 is 20.1 Å². The van der Waals surface area contributed by atoms with Crippen molar-refractivity contribution < 1.29 is 14.3 Å². The summed E-state index contributed by atoms with van der Waals surface area (Å²) in [5.74, 6) is 2.05. The monoisotopic (exact) mass is 414 g/mol. The van der Waals surface area contributed by atoms with Gasteiger partial charge in [-0.15, -0.1) is 11.3 Å². The van der Waals surface area contributed by atoms with Gasteiger partial charge in [-0.2, -0.15) is 0 Å². The van der Waals surface area contributed by atoms with Crippen molar-refractivity contribution in [1.82, 2.24) is 5.32 Å². The Balaban J connectivity index is 1.62. The topological polar surface area (TPSA) is 59.6 Å². The zero-order chi connectivity index (χ0) is 20.8. The lowest BCUT2D eigenvalue weighted by Gasteiger charge is -2.34. The SMILES string of the molecule is CCOc1ccc([C@H]2NC(=O)c3c(sc4c3CC[C@@H](C(C)(C)C)C4)N2)cc1OC. The molecule has 1 aromatic carbocycles. The Labute approximate surface area is 176 Å². The summed E-state index contributed by atoms with van der Waals surface area (Å²) in [6.07, 6.45) is 2.91. The predicted molar refractivity (Wildman–Crippen MR) is 117 cm³/mol. The second-order valence-corrected chi connectivity index (χ2v) is 10.0. The second kappa shape index (κ2) is 7.56. The van der Waals surface area contributed by atoms with E-state index in [1.165, 1.54) is 10.4 Å². The summed E-state index contributed by atoms with van der Waals surface area (Å²) in [4.78, 5) is 14.4. The molecule has 0 saturated carbocycles. The lowest BCUT2D eigenvalue weighted by molar-refractivity contribution is 0.0934. The van der Waals surface area contributed by atoms with E-state index >= 15 is 0 Å². The van der Waals surface area contributed by atoms with Gasteiger partial charge in [0.15, 0.2) is 11.5 Å². The standard InChI is InChI=1S/C23H30N2O3S/c1-6-28-16-10-7-13(11-17(16)27-5)20-24-21(26)19-15-9-8-14(23(2,3)4)12-18(15)29-22(19)25-20/h7,10-11,14,20,25H,6,8-9,12H2,1-5H3,(H,24,26)/t14-,20+/m1/s1. The van der Waals surface area contributed by atoms with Crippen molar-refractivity contribution in [3.8, 4) is 11.5 Å². The number of nitrogens with one attached hydrogen (secondary N) is 2. The smallest absolute Gasteiger partial charge is 0.256 e. The fourth-order valence-corrected chi connectivity index (χ4v) is 5.70. The molecule has 1 aromatic heterocycles. The molecule has 0 bridgehead atoms. The third kappa shape index (κ3) is 3.70. The molecule has 4 rings (SSSR count). The third-order valence-corrected chi connectivity index (χ3v) is 7.27. The Morgan fingerprint density at radius 3 is 2.69 bits per heavy atom. The Kier molecular flexibility index (Phi) is 5.23. The number of carbonyl (C=O) groups excluding carboxylic acids is 1. The van der Waals surface area contributed by atoms with Gasteiger partial charge >= 0.3 is 0 Å². The maximum Gasteiger partial charge on any atom is 0.256 e. The van der Waals surface area contributed by atoms with E-state index in [1.54, 1.807) is 18.4 Å². The highest BCUT2D eigenvalue weighted by molar-refractivity contribution is 7.16. The number of fused-ring (bicyclic) bond motifs is 3. The van der Waals surface area contributed by atoms with Gasteiger partial charge in [0.1, 0.15) is 11.2 Å². The fourth-order valence-electron chi connectivity index (χ4n) is 4.34. The van der Waals surface area contributed by atoms with Gasteiger partial charge in [0.2, 0.25) is 0 Å². The van der Waals surface area contributed by atoms with Crippen molar-refractivity contribution in [2.24, 2.45) is 11.3 Å². The molecule has 0 saturated heterocycles. The van der Waals surface area contributed by atoms with Crippen LogP contribution in [0.1, 0.15) is 66.6 Å². The van der Waals surface area contributed by atoms with Crippen molar-refractivity contribution >= 4 is 22.2 Å². The summed E-state index contributed by atoms with van der Waals surface area (Å²) in [7, 11) is 1.63. The first-order chi connectivity index (χ1) is 13.8. The average Bonchev–Trinajstić information content (AvgIpc) is 3.06. The van der Waals surface area contributed by atoms with Gasteiger partial charge in [0.05, 0.1) is 19.3 Å². The highest BCUT2D eigenvalue weighted by Gasteiger charge is 2.36. The summed E-state index contributed by atoms with van der Waals surface area (Å²) < 4.78 is 11.1. The van der Waals surface area contributed by atoms with Gasteiger partial charge in [0.25, 0.3) is 5.91 Å². The number of thiophene rings is 1. The number of hydrogen-bond acceptors (Lipinski definition) is 5. The van der Waals surface area contributed by atoms with Crippen LogP contribution in [0.3, 0.4) is 0 Å². The van der Waals surface area contributed by atoms with Crippen molar-refractivity contribution in [1.29, 1.82) is 0 Å². The molecule has 0 fully saturated rings. The quantitative estimate of drug-likeness (QED) is 0.725. The Bertz CT molecular complexity index is 929. The first-order valence-electron chi connectivity index (χ1n) is 10.3. The van der Waals surface area contributed by atoms with E-state index in [4.69, 9.17) is 9.47 Å². The van der Waals surface area contributed by atoms with Crippen LogP contribution >= 0.6 is 11.3 Å². The zero-order valence-electron chi connectivity index (χ0n) is 17.8. The maximum atomic E-state index is 13.0. The van der Waals surface area contributed by atoms with Crippen molar-refractivity contribution in [3.05, 3.63) is 39.8 Å². The molecule has 1 amide bonds. The number of hydrogen-bond donors (Lipinski definition) is 2. The molecule has 29 heavy (non-hydrogen) atoms. The predicted octanol–water partition coefficient (Wildman–Crippen LogP) is 5.16. The number of rotatable bonds is 4. The van der Waals surface area contributed by atoms with E-state index in [2.05, 4.69) is 31.4 Å². The average molecular weight is 415 g/mol. The molecule has 1 aliphatic carbocycles. The minimum atomic E-state index is -0.280. The van der Waals surface area contributed by atoms with Crippen LogP contribution in [0.5, 0.6) is 11.5 Å². The van der Waals surface area contributed by atoms with Gasteiger partial charge in [-0.1, -0.05) is 26.8 Å². The first kappa shape index (κ1) is 20.1. The summed E-state index contributed by atoms with van der Waals surface area (Å²) in [6.45, 7) is 9.47. The largest absolute Gasteiger partial charge is 0.493 e. The van der Waals surface area contributed by atoms with Gasteiger partial charge in [-0.25, -0.2) is 0 Å². The summed E-state index contributed by atoms with van der Waals surface area (Å²) in [5.41, 5.74) is 3.34. The third-order valence-electron chi connectivity index (χ3n) is 6.09. The summed E-state index contributed by atoms with van der Waals surface area (Å²) in [5, 5.41) is 7.67. The lowest BCUT2D eigenvalue weighted by atomic mass is 9.72. The zero-order valence-corrected chi connectivity index (χ0v) is 18.7. The minimum Gasteiger partial charge on any atom is -0.493 e. The number of methoxy groups -OCH3 is 1. The van der Waals surface area contributed by atoms with Crippen LogP contribution in [0.15, 0.2) is 18.2 Å². The Morgan fingerprint density at radius 1 is 1.21 bits per heavy atom. The van der Waals surface area contributed by atoms with E-state index < -0.39 is 0 Å². The summed E-state index contributed by atoms with van der Waals surface area (Å²) in [6, 6.07) is 5.80. The molecule has 0 radical (unpaired) electrons. The van der Waals surface area contributed by atoms with Crippen LogP contribution < -0.4 is 20.1 Å². The molecular formula is C23H30N2O3S. The number of amides is 1. The molecule has 0 spiro atoms. The van der Waals surface area contributed by atoms with Crippen LogP contribution in [-0.2, 0) is 12.8 Å². The molecule has 2 N–H and O–H groups in total. The van der Waals surface area contributed by atoms with Crippen molar-refractivity contribution in [2.45, 2.75) is 53.1 Å². The molecule has 2 heterocycles. The highest BCUT2D eigenvalue weighted by Crippen LogP contribution is 2.46. The Hall–Kier alpha value is -2.21. The van der Waals surface area contributed by atoms with Crippen LogP contribution in [-0.4, -0.2) is 19.6 Å². The molecule has 0 unspecified atom stereocenters. The van der Waals surface area contributed by atoms with Crippen LogP contribution in [0.25, 0.3) is 0 Å². The molecular weight excluding hydrogens is 384 g/mol. The number of carbonyl (C=O) groups is 1. The molecule has 2 aliphatic rings. The van der Waals surface area contributed by atoms with Crippen LogP contribution in [0, 0.1) is 11.3 Å².